The molecule has 5 heteroatoms. The van der Waals surface area contributed by atoms with Gasteiger partial charge in [-0.05, 0) is 62.7 Å². The third kappa shape index (κ3) is 3.54. The van der Waals surface area contributed by atoms with Crippen LogP contribution in [-0.2, 0) is 23.8 Å². The number of methoxy groups -OCH3 is 1. The number of hydrogen-bond donors (Lipinski definition) is 0. The fourth-order valence-electron chi connectivity index (χ4n) is 5.87. The lowest BCUT2D eigenvalue weighted by Crippen LogP contribution is -2.51. The van der Waals surface area contributed by atoms with Gasteiger partial charge in [-0.3, -0.25) is 0 Å². The van der Waals surface area contributed by atoms with Crippen molar-refractivity contribution < 1.29 is 23.8 Å². The Hall–Kier alpha value is -1.62. The molecule has 0 unspecified atom stereocenters. The number of allylic oxidation sites excluding steroid dienone is 1. The first-order valence-electron chi connectivity index (χ1n) is 10.6. The first-order chi connectivity index (χ1) is 13.3. The van der Waals surface area contributed by atoms with E-state index >= 15 is 0 Å². The minimum absolute atomic E-state index is 0.0732. The fraction of sp³-hybridized carbons (Fsp3) is 0.739. The monoisotopic (exact) mass is 390 g/mol. The van der Waals surface area contributed by atoms with Crippen molar-refractivity contribution >= 4 is 11.9 Å². The largest absolute Gasteiger partial charge is 0.466 e. The summed E-state index contributed by atoms with van der Waals surface area (Å²) in [7, 11) is 1.47. The van der Waals surface area contributed by atoms with Crippen LogP contribution in [0, 0.1) is 22.7 Å². The van der Waals surface area contributed by atoms with E-state index in [4.69, 9.17) is 14.2 Å². The molecule has 3 rings (SSSR count). The maximum Gasteiger partial charge on any atom is 0.333 e. The summed E-state index contributed by atoms with van der Waals surface area (Å²) in [6, 6.07) is 0. The summed E-state index contributed by atoms with van der Waals surface area (Å²) in [6.07, 6.45) is 8.98. The van der Waals surface area contributed by atoms with Gasteiger partial charge in [0.05, 0.1) is 7.11 Å². The summed E-state index contributed by atoms with van der Waals surface area (Å²) >= 11 is 0. The van der Waals surface area contributed by atoms with Gasteiger partial charge in [-0.2, -0.15) is 0 Å². The van der Waals surface area contributed by atoms with E-state index < -0.39 is 6.29 Å². The zero-order valence-corrected chi connectivity index (χ0v) is 17.9. The van der Waals surface area contributed by atoms with Gasteiger partial charge in [0, 0.05) is 29.2 Å². The third-order valence-corrected chi connectivity index (χ3v) is 7.71. The molecule has 0 N–H and O–H groups in total. The van der Waals surface area contributed by atoms with Crippen LogP contribution in [0.2, 0.25) is 0 Å². The van der Waals surface area contributed by atoms with Gasteiger partial charge in [-0.25, -0.2) is 9.59 Å². The number of ether oxygens (including phenoxy) is 3. The molecule has 0 bridgehead atoms. The molecule has 1 saturated carbocycles. The Morgan fingerprint density at radius 1 is 1.32 bits per heavy atom. The van der Waals surface area contributed by atoms with Crippen LogP contribution in [0.5, 0.6) is 0 Å². The van der Waals surface area contributed by atoms with Crippen molar-refractivity contribution in [3.05, 3.63) is 23.3 Å². The highest BCUT2D eigenvalue weighted by Gasteiger charge is 2.55. The molecule has 0 radical (unpaired) electrons. The average Bonchev–Trinajstić information content (AvgIpc) is 3.02. The van der Waals surface area contributed by atoms with E-state index in [0.29, 0.717) is 18.4 Å². The van der Waals surface area contributed by atoms with Gasteiger partial charge in [-0.15, -0.1) is 0 Å². The fourth-order valence-corrected chi connectivity index (χ4v) is 5.87. The van der Waals surface area contributed by atoms with E-state index in [-0.39, 0.29) is 22.8 Å². The van der Waals surface area contributed by atoms with Gasteiger partial charge in [0.1, 0.15) is 0 Å². The smallest absolute Gasteiger partial charge is 0.333 e. The molecule has 0 saturated heterocycles. The summed E-state index contributed by atoms with van der Waals surface area (Å²) in [5.41, 5.74) is 1.72. The SMILES string of the molecule is CCO[C@@H]1OC(=O)C=C1CC[C@@]1(C)[C@H](C)CC[C@@]2(C)C(C(=O)OC)=CCC[C@H]12. The Labute approximate surface area is 168 Å². The van der Waals surface area contributed by atoms with Crippen LogP contribution in [0.1, 0.15) is 66.2 Å². The van der Waals surface area contributed by atoms with Crippen LogP contribution in [0.3, 0.4) is 0 Å². The second-order valence-electron chi connectivity index (χ2n) is 9.05. The highest BCUT2D eigenvalue weighted by molar-refractivity contribution is 5.90. The van der Waals surface area contributed by atoms with E-state index in [1.165, 1.54) is 7.11 Å². The number of carbonyl (C=O) groups is 2. The first-order valence-corrected chi connectivity index (χ1v) is 10.6. The van der Waals surface area contributed by atoms with E-state index in [1.54, 1.807) is 6.08 Å². The molecule has 0 amide bonds. The molecule has 0 aromatic rings. The molecular formula is C23H34O5. The summed E-state index contributed by atoms with van der Waals surface area (Å²) < 4.78 is 16.0. The van der Waals surface area contributed by atoms with Crippen LogP contribution >= 0.6 is 0 Å². The predicted octanol–water partition coefficient (Wildman–Crippen LogP) is 4.56. The van der Waals surface area contributed by atoms with E-state index in [9.17, 15) is 9.59 Å². The molecule has 0 spiro atoms. The summed E-state index contributed by atoms with van der Waals surface area (Å²) in [5, 5.41) is 0. The summed E-state index contributed by atoms with van der Waals surface area (Å²) in [5.74, 6) is 0.463. The molecule has 156 valence electrons. The van der Waals surface area contributed by atoms with Crippen molar-refractivity contribution in [1.82, 2.24) is 0 Å². The number of hydrogen-bond acceptors (Lipinski definition) is 5. The lowest BCUT2D eigenvalue weighted by Gasteiger charge is -2.57. The minimum atomic E-state index is -0.539. The van der Waals surface area contributed by atoms with Gasteiger partial charge in [0.15, 0.2) is 0 Å². The lowest BCUT2D eigenvalue weighted by molar-refractivity contribution is -0.158. The number of carbonyl (C=O) groups excluding carboxylic acids is 2. The van der Waals surface area contributed by atoms with Crippen molar-refractivity contribution in [2.45, 2.75) is 72.5 Å². The Bertz CT molecular complexity index is 693. The zero-order chi connectivity index (χ0) is 20.5. The van der Waals surface area contributed by atoms with Crippen LogP contribution in [0.25, 0.3) is 0 Å². The molecule has 1 heterocycles. The van der Waals surface area contributed by atoms with Gasteiger partial charge in [-0.1, -0.05) is 26.8 Å². The highest BCUT2D eigenvalue weighted by atomic mass is 16.7. The molecular weight excluding hydrogens is 356 g/mol. The van der Waals surface area contributed by atoms with Crippen LogP contribution < -0.4 is 0 Å². The average molecular weight is 391 g/mol. The summed E-state index contributed by atoms with van der Waals surface area (Å²) in [4.78, 5) is 24.2. The van der Waals surface area contributed by atoms with E-state index in [1.807, 2.05) is 6.92 Å². The molecule has 3 aliphatic rings. The molecule has 0 aromatic carbocycles. The second-order valence-corrected chi connectivity index (χ2v) is 9.05. The lowest BCUT2D eigenvalue weighted by atomic mass is 9.46. The normalized spacial score (nSPS) is 37.6. The van der Waals surface area contributed by atoms with Crippen molar-refractivity contribution in [2.75, 3.05) is 13.7 Å². The van der Waals surface area contributed by atoms with Crippen LogP contribution in [0.15, 0.2) is 23.3 Å². The summed E-state index contributed by atoms with van der Waals surface area (Å²) in [6.45, 7) is 9.36. The standard InChI is InChI=1S/C23H34O5/c1-6-27-21-16(14-19(24)28-21)11-13-22(3)15(2)10-12-23(4)17(20(25)26-5)8-7-9-18(22)23/h8,14-15,18,21H,6-7,9-13H2,1-5H3/t15-,18-,21-,22+,23+/m1/s1. The quantitative estimate of drug-likeness (QED) is 0.622. The van der Waals surface area contributed by atoms with Crippen molar-refractivity contribution in [1.29, 1.82) is 0 Å². The molecule has 2 aliphatic carbocycles. The predicted molar refractivity (Wildman–Crippen MR) is 106 cm³/mol. The van der Waals surface area contributed by atoms with Crippen LogP contribution in [-0.4, -0.2) is 31.9 Å². The van der Waals surface area contributed by atoms with Crippen LogP contribution in [0.4, 0.5) is 0 Å². The molecule has 28 heavy (non-hydrogen) atoms. The Morgan fingerprint density at radius 2 is 2.07 bits per heavy atom. The van der Waals surface area contributed by atoms with Crippen molar-refractivity contribution in [2.24, 2.45) is 22.7 Å². The van der Waals surface area contributed by atoms with Gasteiger partial charge >= 0.3 is 11.9 Å². The number of esters is 2. The number of cyclic esters (lactones) is 1. The van der Waals surface area contributed by atoms with E-state index in [0.717, 1.165) is 49.7 Å². The maximum atomic E-state index is 12.5. The second kappa shape index (κ2) is 8.02. The minimum Gasteiger partial charge on any atom is -0.466 e. The van der Waals surface area contributed by atoms with Crippen molar-refractivity contribution in [3.63, 3.8) is 0 Å². The molecule has 1 aliphatic heterocycles. The Morgan fingerprint density at radius 3 is 2.75 bits per heavy atom. The van der Waals surface area contributed by atoms with E-state index in [2.05, 4.69) is 26.8 Å². The van der Waals surface area contributed by atoms with Gasteiger partial charge in [0.25, 0.3) is 0 Å². The Balaban J connectivity index is 1.83. The van der Waals surface area contributed by atoms with Crippen molar-refractivity contribution in [3.8, 4) is 0 Å². The third-order valence-electron chi connectivity index (χ3n) is 7.71. The zero-order valence-electron chi connectivity index (χ0n) is 17.9. The van der Waals surface area contributed by atoms with Gasteiger partial charge < -0.3 is 14.2 Å². The molecule has 0 aromatic heterocycles. The topological polar surface area (TPSA) is 61.8 Å². The molecule has 1 fully saturated rings. The maximum absolute atomic E-state index is 12.5. The first kappa shape index (κ1) is 21.1. The molecule has 5 nitrogen and oxygen atoms in total. The highest BCUT2D eigenvalue weighted by Crippen LogP contribution is 2.62. The number of fused-ring (bicyclic) bond motifs is 1. The molecule has 5 atom stereocenters. The Kier molecular flexibility index (Phi) is 6.04. The van der Waals surface area contributed by atoms with Gasteiger partial charge in [0.2, 0.25) is 6.29 Å². The number of rotatable bonds is 6.